The SMILES string of the molecule is C=C(c1cccc(-c2ccccc2)c1)c1cc(C(Cc2ccc3c(c2)C(=C)c2ccccc2C32c3ccccc3-c3ccccc32)c2ccccc2)c2sc3ccccc3c2c1. The van der Waals surface area contributed by atoms with E-state index in [-0.39, 0.29) is 5.92 Å². The first-order valence-electron chi connectivity index (χ1n) is 21.5. The summed E-state index contributed by atoms with van der Waals surface area (Å²) in [6, 6.07) is 78.6. The smallest absolute Gasteiger partial charge is 0.0725 e. The first-order chi connectivity index (χ1) is 30.6. The largest absolute Gasteiger partial charge is 0.135 e. The maximum absolute atomic E-state index is 4.84. The number of hydrogen-bond donors (Lipinski definition) is 0. The summed E-state index contributed by atoms with van der Waals surface area (Å²) in [5.41, 5.74) is 20.7. The molecule has 1 unspecified atom stereocenters. The van der Waals surface area contributed by atoms with Gasteiger partial charge in [0.05, 0.1) is 5.41 Å². The number of benzene rings is 9. The molecule has 0 saturated carbocycles. The average molecular weight is 807 g/mol. The zero-order valence-electron chi connectivity index (χ0n) is 34.3. The van der Waals surface area contributed by atoms with Crippen molar-refractivity contribution in [2.24, 2.45) is 0 Å². The van der Waals surface area contributed by atoms with Crippen LogP contribution in [0.1, 0.15) is 67.1 Å². The molecular formula is C61H42S. The fourth-order valence-electron chi connectivity index (χ4n) is 10.8. The molecule has 0 amide bonds. The normalized spacial score (nSPS) is 13.7. The lowest BCUT2D eigenvalue weighted by molar-refractivity contribution is 0.749. The highest BCUT2D eigenvalue weighted by molar-refractivity contribution is 7.26. The summed E-state index contributed by atoms with van der Waals surface area (Å²) in [7, 11) is 0. The molecule has 12 rings (SSSR count). The Bertz CT molecular complexity index is 3370. The summed E-state index contributed by atoms with van der Waals surface area (Å²) in [5.74, 6) is 0.0826. The number of hydrogen-bond acceptors (Lipinski definition) is 1. The Morgan fingerprint density at radius 3 is 1.81 bits per heavy atom. The molecule has 1 atom stereocenters. The van der Waals surface area contributed by atoms with Crippen LogP contribution in [0.2, 0.25) is 0 Å². The van der Waals surface area contributed by atoms with Gasteiger partial charge in [0.2, 0.25) is 0 Å². The van der Waals surface area contributed by atoms with Crippen molar-refractivity contribution in [3.05, 3.63) is 287 Å². The summed E-state index contributed by atoms with van der Waals surface area (Å²) in [4.78, 5) is 0. The lowest BCUT2D eigenvalue weighted by Crippen LogP contribution is -2.33. The van der Waals surface area contributed by atoms with Crippen LogP contribution >= 0.6 is 11.3 Å². The molecule has 0 aliphatic heterocycles. The molecule has 0 N–H and O–H groups in total. The van der Waals surface area contributed by atoms with Crippen LogP contribution in [0.3, 0.4) is 0 Å². The van der Waals surface area contributed by atoms with E-state index in [1.807, 2.05) is 11.3 Å². The molecule has 292 valence electrons. The molecule has 1 spiro atoms. The van der Waals surface area contributed by atoms with Gasteiger partial charge in [-0.25, -0.2) is 0 Å². The Kier molecular flexibility index (Phi) is 8.49. The second-order valence-corrected chi connectivity index (χ2v) is 17.9. The molecule has 1 heteroatoms. The molecule has 0 nitrogen and oxygen atoms in total. The molecule has 0 bridgehead atoms. The van der Waals surface area contributed by atoms with Crippen molar-refractivity contribution in [2.75, 3.05) is 0 Å². The van der Waals surface area contributed by atoms with E-state index in [1.165, 1.54) is 92.5 Å². The topological polar surface area (TPSA) is 0 Å². The monoisotopic (exact) mass is 806 g/mol. The van der Waals surface area contributed by atoms with Crippen molar-refractivity contribution in [1.82, 2.24) is 0 Å². The average Bonchev–Trinajstić information content (AvgIpc) is 3.87. The van der Waals surface area contributed by atoms with Gasteiger partial charge in [0.25, 0.3) is 0 Å². The van der Waals surface area contributed by atoms with E-state index >= 15 is 0 Å². The van der Waals surface area contributed by atoms with Crippen LogP contribution in [0.4, 0.5) is 0 Å². The van der Waals surface area contributed by atoms with Crippen LogP contribution < -0.4 is 0 Å². The molecule has 2 aliphatic rings. The molecule has 0 saturated heterocycles. The third kappa shape index (κ3) is 5.52. The van der Waals surface area contributed by atoms with E-state index in [0.29, 0.717) is 0 Å². The van der Waals surface area contributed by atoms with Crippen LogP contribution in [0.5, 0.6) is 0 Å². The minimum absolute atomic E-state index is 0.0826. The second-order valence-electron chi connectivity index (χ2n) is 16.9. The standard InChI is InChI=1S/C61H42S/c1-39(44-22-17-23-45(36-44)42-18-5-3-6-19-42)46-37-53-50-27-12-16-31-59(50)62-60(53)54(38-46)52(43-20-7-4-8-21-43)35-41-32-33-58-51(34-41)40(2)47-24-9-13-28-55(47)61(58)56-29-14-10-25-48(56)49-26-11-15-30-57(49)61/h3-34,36-38,52H,1-2,35H2. The molecule has 0 radical (unpaired) electrons. The van der Waals surface area contributed by atoms with Crippen LogP contribution in [0.15, 0.2) is 225 Å². The Balaban J connectivity index is 1.04. The molecule has 1 heterocycles. The fourth-order valence-corrected chi connectivity index (χ4v) is 12.0. The van der Waals surface area contributed by atoms with Crippen molar-refractivity contribution in [1.29, 1.82) is 0 Å². The highest BCUT2D eigenvalue weighted by atomic mass is 32.1. The summed E-state index contributed by atoms with van der Waals surface area (Å²) in [6.45, 7) is 9.64. The predicted molar refractivity (Wildman–Crippen MR) is 263 cm³/mol. The molecular weight excluding hydrogens is 765 g/mol. The third-order valence-corrected chi connectivity index (χ3v) is 14.8. The van der Waals surface area contributed by atoms with E-state index in [4.69, 9.17) is 13.2 Å². The number of rotatable bonds is 7. The van der Waals surface area contributed by atoms with Gasteiger partial charge in [0, 0.05) is 26.1 Å². The van der Waals surface area contributed by atoms with Gasteiger partial charge < -0.3 is 0 Å². The van der Waals surface area contributed by atoms with Crippen molar-refractivity contribution < 1.29 is 0 Å². The van der Waals surface area contributed by atoms with Crippen molar-refractivity contribution in [3.63, 3.8) is 0 Å². The molecule has 9 aromatic carbocycles. The van der Waals surface area contributed by atoms with Gasteiger partial charge in [0.1, 0.15) is 0 Å². The second kappa shape index (κ2) is 14.4. The van der Waals surface area contributed by atoms with Crippen LogP contribution in [-0.4, -0.2) is 0 Å². The van der Waals surface area contributed by atoms with E-state index in [1.54, 1.807) is 0 Å². The van der Waals surface area contributed by atoms with E-state index < -0.39 is 5.41 Å². The van der Waals surface area contributed by atoms with Gasteiger partial charge in [-0.3, -0.25) is 0 Å². The highest BCUT2D eigenvalue weighted by Crippen LogP contribution is 2.61. The van der Waals surface area contributed by atoms with E-state index in [9.17, 15) is 0 Å². The zero-order valence-corrected chi connectivity index (χ0v) is 35.1. The first-order valence-corrected chi connectivity index (χ1v) is 22.4. The van der Waals surface area contributed by atoms with Gasteiger partial charge in [-0.15, -0.1) is 11.3 Å². The van der Waals surface area contributed by atoms with Gasteiger partial charge in [0.15, 0.2) is 0 Å². The van der Waals surface area contributed by atoms with Crippen molar-refractivity contribution in [3.8, 4) is 22.3 Å². The van der Waals surface area contributed by atoms with E-state index in [0.717, 1.165) is 28.7 Å². The third-order valence-electron chi connectivity index (χ3n) is 13.6. The van der Waals surface area contributed by atoms with Gasteiger partial charge in [-0.05, 0) is 125 Å². The van der Waals surface area contributed by atoms with E-state index in [2.05, 4.69) is 212 Å². The molecule has 1 aromatic heterocycles. The minimum atomic E-state index is -0.437. The molecule has 0 fully saturated rings. The Morgan fingerprint density at radius 1 is 0.468 bits per heavy atom. The number of fused-ring (bicyclic) bond motifs is 12. The maximum Gasteiger partial charge on any atom is 0.0725 e. The molecule has 10 aromatic rings. The Morgan fingerprint density at radius 2 is 1.06 bits per heavy atom. The lowest BCUT2D eigenvalue weighted by atomic mass is 9.60. The summed E-state index contributed by atoms with van der Waals surface area (Å²) < 4.78 is 2.64. The van der Waals surface area contributed by atoms with Gasteiger partial charge in [-0.1, -0.05) is 201 Å². The molecule has 2 aliphatic carbocycles. The fraction of sp³-hybridized carbons (Fsp3) is 0.0492. The maximum atomic E-state index is 4.84. The zero-order chi connectivity index (χ0) is 41.4. The number of thiophene rings is 1. The van der Waals surface area contributed by atoms with Crippen LogP contribution in [0, 0.1) is 0 Å². The molecule has 62 heavy (non-hydrogen) atoms. The van der Waals surface area contributed by atoms with Crippen LogP contribution in [-0.2, 0) is 11.8 Å². The highest BCUT2D eigenvalue weighted by Gasteiger charge is 2.50. The minimum Gasteiger partial charge on any atom is -0.135 e. The summed E-state index contributed by atoms with van der Waals surface area (Å²) >= 11 is 1.91. The van der Waals surface area contributed by atoms with Crippen molar-refractivity contribution in [2.45, 2.75) is 17.8 Å². The van der Waals surface area contributed by atoms with Gasteiger partial charge in [-0.2, -0.15) is 0 Å². The summed E-state index contributed by atoms with van der Waals surface area (Å²) in [5, 5.41) is 2.58. The first kappa shape index (κ1) is 36.5. The van der Waals surface area contributed by atoms with Crippen molar-refractivity contribution >= 4 is 42.7 Å². The summed E-state index contributed by atoms with van der Waals surface area (Å²) in [6.07, 6.45) is 0.829. The van der Waals surface area contributed by atoms with Gasteiger partial charge >= 0.3 is 0 Å². The quantitative estimate of drug-likeness (QED) is 0.150. The Labute approximate surface area is 367 Å². The predicted octanol–water partition coefficient (Wildman–Crippen LogP) is 15.9. The lowest BCUT2D eigenvalue weighted by Gasteiger charge is -2.41. The Hall–Kier alpha value is -7.32. The van der Waals surface area contributed by atoms with Crippen LogP contribution in [0.25, 0.3) is 53.6 Å².